The summed E-state index contributed by atoms with van der Waals surface area (Å²) in [4.78, 5) is 4.24. The first-order valence-electron chi connectivity index (χ1n) is 6.31. The first-order chi connectivity index (χ1) is 10.1. The number of hydrogen-bond acceptors (Lipinski definition) is 1. The minimum absolute atomic E-state index is 0.336. The third kappa shape index (κ3) is 2.65. The number of hydrogen-bond donors (Lipinski definition) is 0. The van der Waals surface area contributed by atoms with Crippen LogP contribution in [0.4, 0.5) is 13.2 Å². The Morgan fingerprint density at radius 1 is 0.714 bits per heavy atom. The maximum atomic E-state index is 13.4. The number of pyridine rings is 1. The third-order valence-corrected chi connectivity index (χ3v) is 3.16. The van der Waals surface area contributed by atoms with Gasteiger partial charge in [-0.25, -0.2) is 13.2 Å². The number of nitrogens with zero attached hydrogens (tertiary/aromatic N) is 1. The van der Waals surface area contributed by atoms with Gasteiger partial charge in [-0.3, -0.25) is 4.98 Å². The molecule has 1 heterocycles. The molecule has 21 heavy (non-hydrogen) atoms. The summed E-state index contributed by atoms with van der Waals surface area (Å²) in [5.74, 6) is -2.17. The highest BCUT2D eigenvalue weighted by Crippen LogP contribution is 2.30. The molecular weight excluding hydrogens is 275 g/mol. The van der Waals surface area contributed by atoms with Crippen molar-refractivity contribution < 1.29 is 13.2 Å². The summed E-state index contributed by atoms with van der Waals surface area (Å²) in [7, 11) is 0. The molecular formula is C17H10F3N. The lowest BCUT2D eigenvalue weighted by Gasteiger charge is -2.09. The number of aromatic nitrogens is 1. The van der Waals surface area contributed by atoms with Crippen molar-refractivity contribution in [3.63, 3.8) is 0 Å². The van der Waals surface area contributed by atoms with E-state index in [0.29, 0.717) is 11.3 Å². The summed E-state index contributed by atoms with van der Waals surface area (Å²) in [5, 5.41) is 0. The number of benzene rings is 2. The van der Waals surface area contributed by atoms with Crippen LogP contribution < -0.4 is 0 Å². The standard InChI is InChI=1S/C17H10F3N/c18-13-6-3-11(4-7-13)14-2-1-9-21-17(14)12-5-8-15(19)16(20)10-12/h1-10H. The Morgan fingerprint density at radius 2 is 1.43 bits per heavy atom. The Labute approximate surface area is 119 Å². The van der Waals surface area contributed by atoms with Gasteiger partial charge in [0.2, 0.25) is 0 Å². The molecule has 104 valence electrons. The number of rotatable bonds is 2. The molecule has 2 aromatic carbocycles. The molecule has 0 N–H and O–H groups in total. The molecule has 0 aliphatic rings. The van der Waals surface area contributed by atoms with Gasteiger partial charge in [0.15, 0.2) is 11.6 Å². The summed E-state index contributed by atoms with van der Waals surface area (Å²) < 4.78 is 39.5. The highest BCUT2D eigenvalue weighted by atomic mass is 19.2. The van der Waals surface area contributed by atoms with Gasteiger partial charge in [0.25, 0.3) is 0 Å². The monoisotopic (exact) mass is 285 g/mol. The van der Waals surface area contributed by atoms with Gasteiger partial charge in [-0.15, -0.1) is 0 Å². The highest BCUT2D eigenvalue weighted by Gasteiger charge is 2.11. The molecule has 4 heteroatoms. The van der Waals surface area contributed by atoms with E-state index in [9.17, 15) is 13.2 Å². The molecule has 0 bridgehead atoms. The van der Waals surface area contributed by atoms with Crippen molar-refractivity contribution in [2.75, 3.05) is 0 Å². The molecule has 0 saturated carbocycles. The van der Waals surface area contributed by atoms with Crippen LogP contribution in [0.1, 0.15) is 0 Å². The molecule has 0 aliphatic carbocycles. The first kappa shape index (κ1) is 13.4. The first-order valence-corrected chi connectivity index (χ1v) is 6.31. The van der Waals surface area contributed by atoms with Crippen LogP contribution in [-0.4, -0.2) is 4.98 Å². The van der Waals surface area contributed by atoms with Gasteiger partial charge < -0.3 is 0 Å². The van der Waals surface area contributed by atoms with Gasteiger partial charge in [-0.05, 0) is 42.0 Å². The predicted molar refractivity (Wildman–Crippen MR) is 75.0 cm³/mol. The second-order valence-electron chi connectivity index (χ2n) is 4.54. The van der Waals surface area contributed by atoms with E-state index in [1.54, 1.807) is 30.5 Å². The van der Waals surface area contributed by atoms with Gasteiger partial charge in [-0.2, -0.15) is 0 Å². The van der Waals surface area contributed by atoms with Gasteiger partial charge >= 0.3 is 0 Å². The van der Waals surface area contributed by atoms with Crippen molar-refractivity contribution in [2.45, 2.75) is 0 Å². The molecule has 0 fully saturated rings. The average molecular weight is 285 g/mol. The van der Waals surface area contributed by atoms with E-state index < -0.39 is 11.6 Å². The topological polar surface area (TPSA) is 12.9 Å². The van der Waals surface area contributed by atoms with Crippen LogP contribution in [0.2, 0.25) is 0 Å². The Balaban J connectivity index is 2.15. The van der Waals surface area contributed by atoms with E-state index >= 15 is 0 Å². The maximum absolute atomic E-state index is 13.4. The van der Waals surface area contributed by atoms with Crippen LogP contribution in [0.3, 0.4) is 0 Å². The fourth-order valence-corrected chi connectivity index (χ4v) is 2.14. The van der Waals surface area contributed by atoms with Crippen LogP contribution in [0.25, 0.3) is 22.4 Å². The molecule has 0 radical (unpaired) electrons. The van der Waals surface area contributed by atoms with Gasteiger partial charge in [-0.1, -0.05) is 18.2 Å². The third-order valence-electron chi connectivity index (χ3n) is 3.16. The Morgan fingerprint density at radius 3 is 2.14 bits per heavy atom. The fraction of sp³-hybridized carbons (Fsp3) is 0. The smallest absolute Gasteiger partial charge is 0.159 e. The molecule has 1 aromatic heterocycles. The zero-order valence-corrected chi connectivity index (χ0v) is 10.9. The summed E-state index contributed by atoms with van der Waals surface area (Å²) in [6.07, 6.45) is 1.57. The van der Waals surface area contributed by atoms with Crippen molar-refractivity contribution in [3.05, 3.63) is 78.2 Å². The van der Waals surface area contributed by atoms with Crippen LogP contribution in [0.5, 0.6) is 0 Å². The van der Waals surface area contributed by atoms with E-state index in [-0.39, 0.29) is 5.82 Å². The second kappa shape index (κ2) is 5.40. The van der Waals surface area contributed by atoms with Crippen LogP contribution in [0.15, 0.2) is 60.8 Å². The molecule has 0 aliphatic heterocycles. The molecule has 0 saturated heterocycles. The molecule has 1 nitrogen and oxygen atoms in total. The fourth-order valence-electron chi connectivity index (χ4n) is 2.14. The van der Waals surface area contributed by atoms with Crippen LogP contribution in [0, 0.1) is 17.5 Å². The zero-order valence-electron chi connectivity index (χ0n) is 10.9. The van der Waals surface area contributed by atoms with Gasteiger partial charge in [0, 0.05) is 17.3 Å². The quantitative estimate of drug-likeness (QED) is 0.657. The van der Waals surface area contributed by atoms with E-state index in [2.05, 4.69) is 4.98 Å². The Bertz CT molecular complexity index is 782. The minimum atomic E-state index is -0.928. The molecule has 3 rings (SSSR count). The highest BCUT2D eigenvalue weighted by molar-refractivity contribution is 5.80. The summed E-state index contributed by atoms with van der Waals surface area (Å²) in [6.45, 7) is 0. The molecule has 0 spiro atoms. The van der Waals surface area contributed by atoms with Crippen molar-refractivity contribution in [2.24, 2.45) is 0 Å². The molecule has 3 aromatic rings. The Hall–Kier alpha value is -2.62. The minimum Gasteiger partial charge on any atom is -0.256 e. The summed E-state index contributed by atoms with van der Waals surface area (Å²) in [5.41, 5.74) is 2.46. The van der Waals surface area contributed by atoms with Crippen LogP contribution in [-0.2, 0) is 0 Å². The molecule has 0 amide bonds. The van der Waals surface area contributed by atoms with E-state index in [1.807, 2.05) is 0 Å². The van der Waals surface area contributed by atoms with Crippen molar-refractivity contribution >= 4 is 0 Å². The maximum Gasteiger partial charge on any atom is 0.159 e. The van der Waals surface area contributed by atoms with Gasteiger partial charge in [0.05, 0.1) is 5.69 Å². The molecule has 0 unspecified atom stereocenters. The predicted octanol–water partition coefficient (Wildman–Crippen LogP) is 4.83. The van der Waals surface area contributed by atoms with E-state index in [4.69, 9.17) is 0 Å². The lowest BCUT2D eigenvalue weighted by Crippen LogP contribution is -1.91. The van der Waals surface area contributed by atoms with Crippen molar-refractivity contribution in [3.8, 4) is 22.4 Å². The largest absolute Gasteiger partial charge is 0.256 e. The second-order valence-corrected chi connectivity index (χ2v) is 4.54. The summed E-state index contributed by atoms with van der Waals surface area (Å²) in [6, 6.07) is 13.1. The lowest BCUT2D eigenvalue weighted by atomic mass is 9.99. The summed E-state index contributed by atoms with van der Waals surface area (Å²) >= 11 is 0. The Kier molecular flexibility index (Phi) is 3.44. The SMILES string of the molecule is Fc1ccc(-c2cccnc2-c2ccc(F)c(F)c2)cc1. The van der Waals surface area contributed by atoms with E-state index in [0.717, 1.165) is 23.3 Å². The van der Waals surface area contributed by atoms with Crippen LogP contribution >= 0.6 is 0 Å². The van der Waals surface area contributed by atoms with Crippen molar-refractivity contribution in [1.82, 2.24) is 4.98 Å². The van der Waals surface area contributed by atoms with E-state index in [1.165, 1.54) is 18.2 Å². The van der Waals surface area contributed by atoms with Crippen molar-refractivity contribution in [1.29, 1.82) is 0 Å². The average Bonchev–Trinajstić information content (AvgIpc) is 2.51. The normalized spacial score (nSPS) is 10.6. The number of halogens is 3. The lowest BCUT2D eigenvalue weighted by molar-refractivity contribution is 0.509. The van der Waals surface area contributed by atoms with Gasteiger partial charge in [0.1, 0.15) is 5.82 Å². The molecule has 0 atom stereocenters. The zero-order chi connectivity index (χ0) is 14.8.